The highest BCUT2D eigenvalue weighted by molar-refractivity contribution is 6.31. The van der Waals surface area contributed by atoms with Gasteiger partial charge >= 0.3 is 0 Å². The van der Waals surface area contributed by atoms with Gasteiger partial charge in [-0.05, 0) is 23.8 Å². The van der Waals surface area contributed by atoms with Crippen LogP contribution in [0.5, 0.6) is 5.75 Å². The lowest BCUT2D eigenvalue weighted by atomic mass is 10.2. The van der Waals surface area contributed by atoms with Crippen LogP contribution in [-0.2, 0) is 12.4 Å². The minimum absolute atomic E-state index is 0.349. The second-order valence-electron chi connectivity index (χ2n) is 4.69. The molecule has 0 saturated heterocycles. The molecule has 0 fully saturated rings. The van der Waals surface area contributed by atoms with Gasteiger partial charge in [-0.1, -0.05) is 29.8 Å². The first kappa shape index (κ1) is 14.2. The number of nitrogens with zero attached hydrogens (tertiary/aromatic N) is 2. The van der Waals surface area contributed by atoms with Gasteiger partial charge in [0, 0.05) is 11.1 Å². The Morgan fingerprint density at radius 1 is 1.19 bits per heavy atom. The lowest BCUT2D eigenvalue weighted by Gasteiger charge is -2.10. The molecule has 0 N–H and O–H groups in total. The summed E-state index contributed by atoms with van der Waals surface area (Å²) < 4.78 is 7.37. The first-order chi connectivity index (χ1) is 10.2. The average Bonchev–Trinajstić information content (AvgIpc) is 2.86. The van der Waals surface area contributed by atoms with Gasteiger partial charge in [0.05, 0.1) is 30.6 Å². The molecule has 1 aromatic heterocycles. The van der Waals surface area contributed by atoms with Crippen molar-refractivity contribution >= 4 is 34.2 Å². The molecule has 0 bridgehead atoms. The number of aromatic nitrogens is 2. The van der Waals surface area contributed by atoms with Crippen LogP contribution in [0.2, 0.25) is 5.02 Å². The smallest absolute Gasteiger partial charge is 0.125 e. The topological polar surface area (TPSA) is 27.1 Å². The number of methoxy groups -OCH3 is 1. The van der Waals surface area contributed by atoms with Crippen molar-refractivity contribution in [2.24, 2.45) is 0 Å². The van der Waals surface area contributed by atoms with Crippen LogP contribution >= 0.6 is 23.2 Å². The predicted octanol–water partition coefficient (Wildman–Crippen LogP) is 4.49. The van der Waals surface area contributed by atoms with Crippen molar-refractivity contribution in [2.45, 2.75) is 12.4 Å². The summed E-state index contributed by atoms with van der Waals surface area (Å²) in [7, 11) is 1.65. The summed E-state index contributed by atoms with van der Waals surface area (Å²) in [5.41, 5.74) is 2.93. The number of halogens is 2. The van der Waals surface area contributed by atoms with E-state index in [0.717, 1.165) is 33.2 Å². The molecule has 0 spiro atoms. The predicted molar refractivity (Wildman–Crippen MR) is 86.4 cm³/mol. The van der Waals surface area contributed by atoms with Crippen LogP contribution in [0.1, 0.15) is 11.4 Å². The fraction of sp³-hybridized carbons (Fsp3) is 0.188. The minimum atomic E-state index is 0.349. The molecule has 0 radical (unpaired) electrons. The highest BCUT2D eigenvalue weighted by Gasteiger charge is 2.12. The third-order valence-electron chi connectivity index (χ3n) is 3.44. The Hall–Kier alpha value is -1.71. The lowest BCUT2D eigenvalue weighted by molar-refractivity contribution is 0.415. The van der Waals surface area contributed by atoms with Crippen LogP contribution in [0.4, 0.5) is 0 Å². The number of hydrogen-bond donors (Lipinski definition) is 0. The number of benzene rings is 2. The first-order valence-corrected chi connectivity index (χ1v) is 7.46. The number of imidazole rings is 1. The summed E-state index contributed by atoms with van der Waals surface area (Å²) in [6.07, 6.45) is 0. The van der Waals surface area contributed by atoms with E-state index in [-0.39, 0.29) is 0 Å². The zero-order valence-corrected chi connectivity index (χ0v) is 13.0. The molecule has 0 amide bonds. The van der Waals surface area contributed by atoms with E-state index in [0.29, 0.717) is 12.4 Å². The molecule has 0 aliphatic rings. The quantitative estimate of drug-likeness (QED) is 0.662. The van der Waals surface area contributed by atoms with E-state index in [9.17, 15) is 0 Å². The SMILES string of the molecule is COc1ccc2nc(CCl)n(Cc3ccccc3Cl)c2c1. The molecule has 21 heavy (non-hydrogen) atoms. The van der Waals surface area contributed by atoms with Crippen molar-refractivity contribution in [2.75, 3.05) is 7.11 Å². The van der Waals surface area contributed by atoms with Crippen molar-refractivity contribution in [1.82, 2.24) is 9.55 Å². The molecule has 0 aliphatic carbocycles. The number of ether oxygens (including phenoxy) is 1. The summed E-state index contributed by atoms with van der Waals surface area (Å²) in [5.74, 6) is 1.96. The maximum Gasteiger partial charge on any atom is 0.125 e. The molecule has 0 unspecified atom stereocenters. The minimum Gasteiger partial charge on any atom is -0.497 e. The summed E-state index contributed by atoms with van der Waals surface area (Å²) in [6, 6.07) is 13.6. The van der Waals surface area contributed by atoms with Gasteiger partial charge in [-0.25, -0.2) is 4.98 Å². The van der Waals surface area contributed by atoms with Crippen LogP contribution in [-0.4, -0.2) is 16.7 Å². The normalized spacial score (nSPS) is 11.0. The molecule has 5 heteroatoms. The molecular weight excluding hydrogens is 307 g/mol. The number of alkyl halides is 1. The van der Waals surface area contributed by atoms with E-state index in [4.69, 9.17) is 27.9 Å². The van der Waals surface area contributed by atoms with Gasteiger partial charge in [0.1, 0.15) is 11.6 Å². The Kier molecular flexibility index (Phi) is 4.04. The molecule has 2 aromatic carbocycles. The Bertz CT molecular complexity index is 783. The molecule has 3 nitrogen and oxygen atoms in total. The van der Waals surface area contributed by atoms with E-state index < -0.39 is 0 Å². The fourth-order valence-electron chi connectivity index (χ4n) is 2.35. The highest BCUT2D eigenvalue weighted by Crippen LogP contribution is 2.25. The zero-order valence-electron chi connectivity index (χ0n) is 11.5. The van der Waals surface area contributed by atoms with E-state index in [2.05, 4.69) is 9.55 Å². The van der Waals surface area contributed by atoms with Gasteiger partial charge in [0.2, 0.25) is 0 Å². The van der Waals surface area contributed by atoms with Crippen molar-refractivity contribution in [3.63, 3.8) is 0 Å². The Balaban J connectivity index is 2.13. The van der Waals surface area contributed by atoms with E-state index in [1.807, 2.05) is 42.5 Å². The van der Waals surface area contributed by atoms with Crippen LogP contribution < -0.4 is 4.74 Å². The molecule has 1 heterocycles. The van der Waals surface area contributed by atoms with Crippen molar-refractivity contribution in [3.8, 4) is 5.75 Å². The third kappa shape index (κ3) is 2.71. The lowest BCUT2D eigenvalue weighted by Crippen LogP contribution is -2.04. The molecule has 0 aliphatic heterocycles. The van der Waals surface area contributed by atoms with Gasteiger partial charge in [-0.3, -0.25) is 0 Å². The Labute approximate surface area is 133 Å². The van der Waals surface area contributed by atoms with Gasteiger partial charge in [0.15, 0.2) is 0 Å². The van der Waals surface area contributed by atoms with Gasteiger partial charge in [0.25, 0.3) is 0 Å². The molecule has 108 valence electrons. The standard InChI is InChI=1S/C16H14Cl2N2O/c1-21-12-6-7-14-15(8-12)20(16(9-17)19-14)10-11-4-2-3-5-13(11)18/h2-8H,9-10H2,1H3. The van der Waals surface area contributed by atoms with Crippen molar-refractivity contribution < 1.29 is 4.74 Å². The van der Waals surface area contributed by atoms with Gasteiger partial charge in [-0.15, -0.1) is 11.6 Å². The van der Waals surface area contributed by atoms with E-state index in [1.165, 1.54) is 0 Å². The largest absolute Gasteiger partial charge is 0.497 e. The van der Waals surface area contributed by atoms with Crippen LogP contribution in [0.25, 0.3) is 11.0 Å². The average molecular weight is 321 g/mol. The molecule has 3 rings (SSSR count). The third-order valence-corrected chi connectivity index (χ3v) is 4.05. The molecule has 3 aromatic rings. The number of rotatable bonds is 4. The summed E-state index contributed by atoms with van der Waals surface area (Å²) in [6.45, 7) is 0.630. The Morgan fingerprint density at radius 2 is 2.00 bits per heavy atom. The van der Waals surface area contributed by atoms with Crippen molar-refractivity contribution in [1.29, 1.82) is 0 Å². The molecule has 0 saturated carbocycles. The molecular formula is C16H14Cl2N2O. The zero-order chi connectivity index (χ0) is 14.8. The van der Waals surface area contributed by atoms with Gasteiger partial charge in [-0.2, -0.15) is 0 Å². The fourth-order valence-corrected chi connectivity index (χ4v) is 2.75. The molecule has 0 atom stereocenters. The first-order valence-electron chi connectivity index (χ1n) is 6.55. The maximum absolute atomic E-state index is 6.26. The van der Waals surface area contributed by atoms with E-state index in [1.54, 1.807) is 7.11 Å². The maximum atomic E-state index is 6.26. The van der Waals surface area contributed by atoms with Crippen molar-refractivity contribution in [3.05, 3.63) is 58.9 Å². The highest BCUT2D eigenvalue weighted by atomic mass is 35.5. The second kappa shape index (κ2) is 5.96. The van der Waals surface area contributed by atoms with Crippen LogP contribution in [0.3, 0.4) is 0 Å². The summed E-state index contributed by atoms with van der Waals surface area (Å²) in [4.78, 5) is 4.56. The number of fused-ring (bicyclic) bond motifs is 1. The Morgan fingerprint density at radius 3 is 2.71 bits per heavy atom. The monoisotopic (exact) mass is 320 g/mol. The second-order valence-corrected chi connectivity index (χ2v) is 5.37. The summed E-state index contributed by atoms with van der Waals surface area (Å²) in [5, 5.41) is 0.739. The van der Waals surface area contributed by atoms with Gasteiger partial charge < -0.3 is 9.30 Å². The number of hydrogen-bond acceptors (Lipinski definition) is 2. The van der Waals surface area contributed by atoms with E-state index >= 15 is 0 Å². The van der Waals surface area contributed by atoms with Crippen LogP contribution in [0, 0.1) is 0 Å². The summed E-state index contributed by atoms with van der Waals surface area (Å²) >= 11 is 12.3. The van der Waals surface area contributed by atoms with Crippen LogP contribution in [0.15, 0.2) is 42.5 Å².